The fourth-order valence-electron chi connectivity index (χ4n) is 2.79. The summed E-state index contributed by atoms with van der Waals surface area (Å²) in [6, 6.07) is 10.7. The fraction of sp³-hybridized carbons (Fsp3) is 0.333. The van der Waals surface area contributed by atoms with Gasteiger partial charge in [0.2, 0.25) is 0 Å². The van der Waals surface area contributed by atoms with Crippen LogP contribution >= 0.6 is 0 Å². The summed E-state index contributed by atoms with van der Waals surface area (Å²) in [5.74, 6) is 0. The van der Waals surface area contributed by atoms with Crippen LogP contribution < -0.4 is 10.6 Å². The molecule has 0 aliphatic rings. The normalized spacial score (nSPS) is 12.6. The second kappa shape index (κ2) is 8.04. The van der Waals surface area contributed by atoms with Crippen molar-refractivity contribution in [3.63, 3.8) is 0 Å². The largest absolute Gasteiger partial charge is 0.416 e. The number of nitrogens with zero attached hydrogens (tertiary/aromatic N) is 1. The van der Waals surface area contributed by atoms with Crippen molar-refractivity contribution in [2.75, 3.05) is 12.4 Å². The Morgan fingerprint density at radius 1 is 1.07 bits per heavy atom. The second-order valence-corrected chi connectivity index (χ2v) is 7.12. The Kier molecular flexibility index (Phi) is 6.17. The lowest BCUT2D eigenvalue weighted by Gasteiger charge is -2.27. The first-order valence-electron chi connectivity index (χ1n) is 8.75. The van der Waals surface area contributed by atoms with Gasteiger partial charge < -0.3 is 10.6 Å². The van der Waals surface area contributed by atoms with Crippen LogP contribution in [0, 0.1) is 6.92 Å². The molecule has 4 nitrogen and oxygen atoms in total. The van der Waals surface area contributed by atoms with Gasteiger partial charge in [0, 0.05) is 18.4 Å². The van der Waals surface area contributed by atoms with E-state index in [0.29, 0.717) is 0 Å². The quantitative estimate of drug-likeness (QED) is 0.664. The summed E-state index contributed by atoms with van der Waals surface area (Å²) in [5, 5.41) is 5.29. The number of rotatable bonds is 4. The van der Waals surface area contributed by atoms with Gasteiger partial charge in [0.05, 0.1) is 11.1 Å². The summed E-state index contributed by atoms with van der Waals surface area (Å²) in [6.45, 7) is 6.91. The van der Waals surface area contributed by atoms with Crippen molar-refractivity contribution in [1.29, 1.82) is 0 Å². The Labute approximate surface area is 162 Å². The smallest absolute Gasteiger partial charge is 0.329 e. The van der Waals surface area contributed by atoms with Crippen LogP contribution in [-0.4, -0.2) is 18.8 Å². The van der Waals surface area contributed by atoms with Gasteiger partial charge in [-0.2, -0.15) is 13.2 Å². The molecule has 7 heteroatoms. The van der Waals surface area contributed by atoms with Crippen molar-refractivity contribution in [3.05, 3.63) is 64.7 Å². The van der Waals surface area contributed by atoms with Crippen LogP contribution in [0.25, 0.3) is 0 Å². The third-order valence-electron chi connectivity index (χ3n) is 4.56. The molecule has 2 rings (SSSR count). The topological polar surface area (TPSA) is 53.5 Å². The SMILES string of the molecule is C/N=C(\C)c1cccc(C(C)(C)NC(=O)Nc2ccc(C)c(C(F)(F)F)c2)c1. The predicted molar refractivity (Wildman–Crippen MR) is 106 cm³/mol. The maximum Gasteiger partial charge on any atom is 0.416 e. The standard InChI is InChI=1S/C21H24F3N3O/c1-13-9-10-17(12-18(13)21(22,23)24)26-19(28)27-20(3,4)16-8-6-7-15(11-16)14(2)25-5/h6-12H,1-5H3,(H2,26,27,28)/b25-14+. The van der Waals surface area contributed by atoms with Crippen LogP contribution in [0.15, 0.2) is 47.5 Å². The summed E-state index contributed by atoms with van der Waals surface area (Å²) in [4.78, 5) is 16.6. The fourth-order valence-corrected chi connectivity index (χ4v) is 2.79. The van der Waals surface area contributed by atoms with Crippen LogP contribution in [-0.2, 0) is 11.7 Å². The first kappa shape index (κ1) is 21.5. The zero-order chi connectivity index (χ0) is 21.1. The molecule has 0 unspecified atom stereocenters. The van der Waals surface area contributed by atoms with Gasteiger partial charge in [0.1, 0.15) is 0 Å². The van der Waals surface area contributed by atoms with Crippen molar-refractivity contribution in [2.24, 2.45) is 4.99 Å². The van der Waals surface area contributed by atoms with E-state index in [1.165, 1.54) is 19.1 Å². The molecular weight excluding hydrogens is 367 g/mol. The van der Waals surface area contributed by atoms with Gasteiger partial charge in [0.15, 0.2) is 0 Å². The molecule has 0 bridgehead atoms. The van der Waals surface area contributed by atoms with E-state index in [0.717, 1.165) is 22.9 Å². The molecule has 2 aromatic rings. The van der Waals surface area contributed by atoms with Gasteiger partial charge in [-0.1, -0.05) is 24.3 Å². The molecule has 0 aliphatic heterocycles. The molecule has 2 amide bonds. The first-order chi connectivity index (χ1) is 12.9. The lowest BCUT2D eigenvalue weighted by molar-refractivity contribution is -0.138. The Balaban J connectivity index is 2.18. The number of alkyl halides is 3. The highest BCUT2D eigenvalue weighted by atomic mass is 19.4. The zero-order valence-corrected chi connectivity index (χ0v) is 16.5. The summed E-state index contributed by atoms with van der Waals surface area (Å²) in [6.07, 6.45) is -4.48. The highest BCUT2D eigenvalue weighted by Gasteiger charge is 2.32. The van der Waals surface area contributed by atoms with Crippen LogP contribution in [0.4, 0.5) is 23.7 Å². The molecule has 0 saturated carbocycles. The number of aliphatic imine (C=N–C) groups is 1. The number of carbonyl (C=O) groups is 1. The van der Waals surface area contributed by atoms with E-state index in [-0.39, 0.29) is 11.3 Å². The van der Waals surface area contributed by atoms with Gasteiger partial charge in [0.25, 0.3) is 0 Å². The Morgan fingerprint density at radius 2 is 1.75 bits per heavy atom. The van der Waals surface area contributed by atoms with E-state index in [2.05, 4.69) is 15.6 Å². The van der Waals surface area contributed by atoms with Gasteiger partial charge >= 0.3 is 12.2 Å². The molecule has 0 fully saturated rings. The molecule has 2 aromatic carbocycles. The molecule has 0 spiro atoms. The van der Waals surface area contributed by atoms with E-state index in [1.807, 2.05) is 45.0 Å². The molecule has 0 atom stereocenters. The molecule has 2 N–H and O–H groups in total. The predicted octanol–water partition coefficient (Wildman–Crippen LogP) is 5.51. The molecular formula is C21H24F3N3O. The zero-order valence-electron chi connectivity index (χ0n) is 16.5. The van der Waals surface area contributed by atoms with Crippen LogP contribution in [0.1, 0.15) is 43.0 Å². The maximum atomic E-state index is 13.1. The van der Waals surface area contributed by atoms with Gasteiger partial charge in [-0.05, 0) is 62.6 Å². The number of anilines is 1. The van der Waals surface area contributed by atoms with Crippen molar-refractivity contribution in [2.45, 2.75) is 39.4 Å². The summed E-state index contributed by atoms with van der Waals surface area (Å²) < 4.78 is 39.2. The number of benzene rings is 2. The lowest BCUT2D eigenvalue weighted by Crippen LogP contribution is -2.43. The molecule has 0 radical (unpaired) electrons. The van der Waals surface area contributed by atoms with E-state index in [1.54, 1.807) is 7.05 Å². The van der Waals surface area contributed by atoms with E-state index < -0.39 is 23.3 Å². The Hall–Kier alpha value is -2.83. The molecule has 28 heavy (non-hydrogen) atoms. The minimum Gasteiger partial charge on any atom is -0.329 e. The first-order valence-corrected chi connectivity index (χ1v) is 8.75. The van der Waals surface area contributed by atoms with E-state index in [9.17, 15) is 18.0 Å². The highest BCUT2D eigenvalue weighted by Crippen LogP contribution is 2.33. The Morgan fingerprint density at radius 3 is 2.36 bits per heavy atom. The average molecular weight is 391 g/mol. The van der Waals surface area contributed by atoms with Crippen LogP contribution in [0.5, 0.6) is 0 Å². The van der Waals surface area contributed by atoms with E-state index in [4.69, 9.17) is 0 Å². The van der Waals surface area contributed by atoms with Crippen molar-refractivity contribution in [1.82, 2.24) is 5.32 Å². The third-order valence-corrected chi connectivity index (χ3v) is 4.56. The van der Waals surface area contributed by atoms with Crippen molar-refractivity contribution in [3.8, 4) is 0 Å². The van der Waals surface area contributed by atoms with Crippen LogP contribution in [0.2, 0.25) is 0 Å². The minimum atomic E-state index is -4.48. The summed E-state index contributed by atoms with van der Waals surface area (Å²) in [7, 11) is 1.70. The second-order valence-electron chi connectivity index (χ2n) is 7.12. The number of aryl methyl sites for hydroxylation is 1. The lowest BCUT2D eigenvalue weighted by atomic mass is 9.92. The number of carbonyl (C=O) groups excluding carboxylic acids is 1. The number of amides is 2. The van der Waals surface area contributed by atoms with Crippen molar-refractivity contribution >= 4 is 17.4 Å². The number of hydrogen-bond acceptors (Lipinski definition) is 2. The number of urea groups is 1. The number of hydrogen-bond donors (Lipinski definition) is 2. The summed E-state index contributed by atoms with van der Waals surface area (Å²) in [5.41, 5.74) is 1.31. The summed E-state index contributed by atoms with van der Waals surface area (Å²) >= 11 is 0. The third kappa shape index (κ3) is 5.12. The monoisotopic (exact) mass is 391 g/mol. The molecule has 0 aliphatic carbocycles. The van der Waals surface area contributed by atoms with Gasteiger partial charge in [-0.15, -0.1) is 0 Å². The minimum absolute atomic E-state index is 0.0777. The van der Waals surface area contributed by atoms with E-state index >= 15 is 0 Å². The number of nitrogens with one attached hydrogen (secondary N) is 2. The molecule has 0 heterocycles. The van der Waals surface area contributed by atoms with Gasteiger partial charge in [-0.25, -0.2) is 4.79 Å². The van der Waals surface area contributed by atoms with Crippen LogP contribution in [0.3, 0.4) is 0 Å². The maximum absolute atomic E-state index is 13.1. The molecule has 0 aromatic heterocycles. The average Bonchev–Trinajstić information content (AvgIpc) is 2.61. The number of halogens is 3. The van der Waals surface area contributed by atoms with Gasteiger partial charge in [-0.3, -0.25) is 4.99 Å². The molecule has 150 valence electrons. The highest BCUT2D eigenvalue weighted by molar-refractivity contribution is 5.98. The molecule has 0 saturated heterocycles. The Bertz CT molecular complexity index is 902. The van der Waals surface area contributed by atoms with Crippen molar-refractivity contribution < 1.29 is 18.0 Å².